The maximum Gasteiger partial charge on any atom is 0.337 e. The number of carboxylic acid groups (broad SMARTS) is 1. The number of nitrogens with zero attached hydrogens (tertiary/aromatic N) is 3. The molecule has 112 valence electrons. The van der Waals surface area contributed by atoms with Crippen molar-refractivity contribution in [2.45, 2.75) is 13.0 Å². The predicted molar refractivity (Wildman–Crippen MR) is 81.1 cm³/mol. The number of imidazole rings is 1. The van der Waals surface area contributed by atoms with Gasteiger partial charge in [-0.05, 0) is 24.6 Å². The number of aromatic carboxylic acids is 1. The Balaban J connectivity index is 2.13. The fourth-order valence-electron chi connectivity index (χ4n) is 2.47. The van der Waals surface area contributed by atoms with Crippen molar-refractivity contribution in [3.8, 4) is 0 Å². The lowest BCUT2D eigenvalue weighted by Gasteiger charge is -2.17. The molecule has 0 saturated carbocycles. The van der Waals surface area contributed by atoms with Crippen molar-refractivity contribution in [1.82, 2.24) is 9.38 Å². The molecule has 1 unspecified atom stereocenters. The average Bonchev–Trinajstić information content (AvgIpc) is 2.90. The molecule has 0 spiro atoms. The van der Waals surface area contributed by atoms with E-state index in [0.29, 0.717) is 17.1 Å². The molecule has 0 bridgehead atoms. The highest BCUT2D eigenvalue weighted by Gasteiger charge is 2.21. The summed E-state index contributed by atoms with van der Waals surface area (Å²) in [6.45, 7) is 1.81. The Morgan fingerprint density at radius 1 is 1.41 bits per heavy atom. The first-order chi connectivity index (χ1) is 10.5. The molecule has 0 fully saturated rings. The second-order valence-electron chi connectivity index (χ2n) is 5.02. The number of rotatable bonds is 2. The number of nitrogens with two attached hydrogens (primary N) is 1. The summed E-state index contributed by atoms with van der Waals surface area (Å²) in [4.78, 5) is 15.5. The summed E-state index contributed by atoms with van der Waals surface area (Å²) in [5.74, 6) is -0.995. The fraction of sp³-hybridized carbons (Fsp3) is 0.133. The molecule has 2 aromatic heterocycles. The fourth-order valence-corrected chi connectivity index (χ4v) is 2.47. The van der Waals surface area contributed by atoms with Gasteiger partial charge in [-0.1, -0.05) is 17.3 Å². The van der Waals surface area contributed by atoms with Crippen molar-refractivity contribution in [1.29, 1.82) is 0 Å². The van der Waals surface area contributed by atoms with Gasteiger partial charge in [-0.2, -0.15) is 0 Å². The number of carbonyl (C=O) groups is 1. The van der Waals surface area contributed by atoms with E-state index in [9.17, 15) is 4.79 Å². The first kappa shape index (κ1) is 14.0. The summed E-state index contributed by atoms with van der Waals surface area (Å²) in [5, 5.41) is 21.4. The van der Waals surface area contributed by atoms with Crippen LogP contribution in [-0.2, 0) is 0 Å². The maximum absolute atomic E-state index is 11.0. The zero-order valence-corrected chi connectivity index (χ0v) is 11.8. The average molecular weight is 298 g/mol. The SMILES string of the molecule is CC1=C(c2cn3cc(C(=O)O)ccc3n2)C=CC(N)C1=NO. The zero-order chi connectivity index (χ0) is 15.9. The van der Waals surface area contributed by atoms with Crippen LogP contribution in [-0.4, -0.2) is 37.4 Å². The Hall–Kier alpha value is -2.93. The summed E-state index contributed by atoms with van der Waals surface area (Å²) >= 11 is 0. The number of aromatic nitrogens is 2. The number of oxime groups is 1. The third-order valence-corrected chi connectivity index (χ3v) is 3.66. The number of hydrogen-bond donors (Lipinski definition) is 3. The molecular weight excluding hydrogens is 284 g/mol. The molecule has 4 N–H and O–H groups in total. The van der Waals surface area contributed by atoms with Gasteiger partial charge in [0.1, 0.15) is 11.4 Å². The number of fused-ring (bicyclic) bond motifs is 1. The minimum atomic E-state index is -0.995. The van der Waals surface area contributed by atoms with E-state index in [1.54, 1.807) is 29.7 Å². The molecule has 7 nitrogen and oxygen atoms in total. The van der Waals surface area contributed by atoms with Gasteiger partial charge in [0.25, 0.3) is 0 Å². The number of pyridine rings is 1. The Morgan fingerprint density at radius 2 is 2.18 bits per heavy atom. The van der Waals surface area contributed by atoms with Gasteiger partial charge in [-0.3, -0.25) is 0 Å². The highest BCUT2D eigenvalue weighted by Crippen LogP contribution is 2.25. The van der Waals surface area contributed by atoms with Crippen LogP contribution in [0.4, 0.5) is 0 Å². The minimum absolute atomic E-state index is 0.181. The summed E-state index contributed by atoms with van der Waals surface area (Å²) < 4.78 is 1.65. The van der Waals surface area contributed by atoms with Crippen LogP contribution in [0, 0.1) is 0 Å². The molecule has 1 atom stereocenters. The minimum Gasteiger partial charge on any atom is -0.478 e. The molecule has 0 aromatic carbocycles. The van der Waals surface area contributed by atoms with Crippen LogP contribution in [0.1, 0.15) is 23.0 Å². The van der Waals surface area contributed by atoms with E-state index < -0.39 is 12.0 Å². The number of carboxylic acids is 1. The predicted octanol–water partition coefficient (Wildman–Crippen LogP) is 1.53. The van der Waals surface area contributed by atoms with Gasteiger partial charge in [0.15, 0.2) is 0 Å². The topological polar surface area (TPSA) is 113 Å². The van der Waals surface area contributed by atoms with Gasteiger partial charge in [0.05, 0.1) is 17.3 Å². The van der Waals surface area contributed by atoms with Crippen LogP contribution in [0.5, 0.6) is 0 Å². The zero-order valence-electron chi connectivity index (χ0n) is 11.8. The summed E-state index contributed by atoms with van der Waals surface area (Å²) in [5.41, 5.74) is 9.23. The van der Waals surface area contributed by atoms with E-state index in [2.05, 4.69) is 10.1 Å². The quantitative estimate of drug-likeness (QED) is 0.575. The van der Waals surface area contributed by atoms with E-state index in [1.165, 1.54) is 12.3 Å². The molecule has 1 aliphatic carbocycles. The summed E-state index contributed by atoms with van der Waals surface area (Å²) in [6.07, 6.45) is 6.79. The molecule has 0 saturated heterocycles. The normalized spacial score (nSPS) is 20.1. The highest BCUT2D eigenvalue weighted by molar-refractivity contribution is 6.12. The molecule has 22 heavy (non-hydrogen) atoms. The maximum atomic E-state index is 11.0. The molecule has 1 aliphatic rings. The number of hydrogen-bond acceptors (Lipinski definition) is 5. The van der Waals surface area contributed by atoms with Crippen molar-refractivity contribution >= 4 is 22.9 Å². The second kappa shape index (κ2) is 5.12. The lowest BCUT2D eigenvalue weighted by Crippen LogP contribution is -2.31. The number of allylic oxidation sites excluding steroid dienone is 2. The Labute approximate surface area is 125 Å². The van der Waals surface area contributed by atoms with Gasteiger partial charge in [0, 0.05) is 18.0 Å². The van der Waals surface area contributed by atoms with E-state index in [1.807, 2.05) is 6.08 Å². The smallest absolute Gasteiger partial charge is 0.337 e. The van der Waals surface area contributed by atoms with Crippen LogP contribution in [0.25, 0.3) is 11.2 Å². The van der Waals surface area contributed by atoms with Gasteiger partial charge in [0.2, 0.25) is 0 Å². The van der Waals surface area contributed by atoms with Gasteiger partial charge in [-0.25, -0.2) is 9.78 Å². The Morgan fingerprint density at radius 3 is 2.86 bits per heavy atom. The van der Waals surface area contributed by atoms with Gasteiger partial charge in [-0.15, -0.1) is 0 Å². The Kier molecular flexibility index (Phi) is 3.26. The third kappa shape index (κ3) is 2.17. The van der Waals surface area contributed by atoms with Crippen molar-refractivity contribution in [3.05, 3.63) is 53.5 Å². The van der Waals surface area contributed by atoms with Gasteiger partial charge >= 0.3 is 5.97 Å². The molecule has 7 heteroatoms. The van der Waals surface area contributed by atoms with Crippen molar-refractivity contribution in [2.24, 2.45) is 10.9 Å². The van der Waals surface area contributed by atoms with Crippen LogP contribution in [0.3, 0.4) is 0 Å². The molecule has 0 amide bonds. The lowest BCUT2D eigenvalue weighted by atomic mass is 9.92. The standard InChI is InChI=1S/C15H14N4O3/c1-8-10(3-4-11(16)14(8)18-22)12-7-19-6-9(15(20)21)2-5-13(19)17-12/h2-7,11,22H,16H2,1H3,(H,20,21). The van der Waals surface area contributed by atoms with E-state index in [4.69, 9.17) is 16.0 Å². The first-order valence-corrected chi connectivity index (χ1v) is 6.60. The summed E-state index contributed by atoms with van der Waals surface area (Å²) in [6, 6.07) is 2.69. The summed E-state index contributed by atoms with van der Waals surface area (Å²) in [7, 11) is 0. The van der Waals surface area contributed by atoms with Crippen LogP contribution in [0.2, 0.25) is 0 Å². The molecule has 0 radical (unpaired) electrons. The first-order valence-electron chi connectivity index (χ1n) is 6.60. The van der Waals surface area contributed by atoms with E-state index in [0.717, 1.165) is 11.1 Å². The third-order valence-electron chi connectivity index (χ3n) is 3.66. The van der Waals surface area contributed by atoms with Crippen LogP contribution >= 0.6 is 0 Å². The second-order valence-corrected chi connectivity index (χ2v) is 5.02. The molecule has 2 aromatic rings. The van der Waals surface area contributed by atoms with Crippen LogP contribution in [0.15, 0.2) is 47.4 Å². The molecular formula is C15H14N4O3. The monoisotopic (exact) mass is 298 g/mol. The van der Waals surface area contributed by atoms with Crippen LogP contribution < -0.4 is 5.73 Å². The molecule has 2 heterocycles. The van der Waals surface area contributed by atoms with Crippen molar-refractivity contribution in [2.75, 3.05) is 0 Å². The van der Waals surface area contributed by atoms with E-state index >= 15 is 0 Å². The molecule has 0 aliphatic heterocycles. The Bertz CT molecular complexity index is 861. The van der Waals surface area contributed by atoms with Crippen molar-refractivity contribution < 1.29 is 15.1 Å². The lowest BCUT2D eigenvalue weighted by molar-refractivity contribution is 0.0696. The largest absolute Gasteiger partial charge is 0.478 e. The highest BCUT2D eigenvalue weighted by atomic mass is 16.4. The molecule has 3 rings (SSSR count). The van der Waals surface area contributed by atoms with Gasteiger partial charge < -0.3 is 20.4 Å². The van der Waals surface area contributed by atoms with Crippen molar-refractivity contribution in [3.63, 3.8) is 0 Å². The van der Waals surface area contributed by atoms with E-state index in [-0.39, 0.29) is 5.56 Å².